The number of hydrogen-bond acceptors (Lipinski definition) is 5. The van der Waals surface area contributed by atoms with E-state index in [0.717, 1.165) is 5.56 Å². The molecule has 0 aliphatic carbocycles. The van der Waals surface area contributed by atoms with Gasteiger partial charge in [-0.3, -0.25) is 9.59 Å². The van der Waals surface area contributed by atoms with E-state index in [4.69, 9.17) is 5.11 Å². The zero-order valence-electron chi connectivity index (χ0n) is 15.7. The van der Waals surface area contributed by atoms with Crippen LogP contribution in [0.4, 0.5) is 5.69 Å². The minimum atomic E-state index is -3.70. The van der Waals surface area contributed by atoms with E-state index in [1.54, 1.807) is 0 Å². The summed E-state index contributed by atoms with van der Waals surface area (Å²) in [7, 11) is -3.70. The summed E-state index contributed by atoms with van der Waals surface area (Å²) in [6.07, 6.45) is 1.22. The third-order valence-electron chi connectivity index (χ3n) is 3.95. The standard InChI is InChI=1S/C20H23N3O5S/c1-2-12-21-18(20(25)26)13-19(24)23-16-8-10-17(11-9-16)29(27,28)22-14-15-6-4-3-5-7-15/h2-11,18,21-22H,1,12-14H2,(H,23,24)(H,25,26). The molecular weight excluding hydrogens is 394 g/mol. The van der Waals surface area contributed by atoms with Crippen molar-refractivity contribution in [3.63, 3.8) is 0 Å². The highest BCUT2D eigenvalue weighted by molar-refractivity contribution is 7.89. The highest BCUT2D eigenvalue weighted by atomic mass is 32.2. The molecule has 2 aromatic carbocycles. The van der Waals surface area contributed by atoms with Gasteiger partial charge >= 0.3 is 5.97 Å². The van der Waals surface area contributed by atoms with Gasteiger partial charge in [0.25, 0.3) is 0 Å². The molecule has 0 fully saturated rings. The van der Waals surface area contributed by atoms with Crippen molar-refractivity contribution in [2.45, 2.75) is 23.9 Å². The predicted octanol–water partition coefficient (Wildman–Crippen LogP) is 1.72. The number of carboxylic acids is 1. The van der Waals surface area contributed by atoms with Crippen LogP contribution >= 0.6 is 0 Å². The van der Waals surface area contributed by atoms with Crippen molar-refractivity contribution in [3.8, 4) is 0 Å². The topological polar surface area (TPSA) is 125 Å². The molecular formula is C20H23N3O5S. The fourth-order valence-corrected chi connectivity index (χ4v) is 3.46. The van der Waals surface area contributed by atoms with Gasteiger partial charge in [0.2, 0.25) is 15.9 Å². The van der Waals surface area contributed by atoms with E-state index in [1.807, 2.05) is 30.3 Å². The summed E-state index contributed by atoms with van der Waals surface area (Å²) >= 11 is 0. The Morgan fingerprint density at radius 2 is 1.72 bits per heavy atom. The summed E-state index contributed by atoms with van der Waals surface area (Å²) < 4.78 is 27.3. The molecule has 1 atom stereocenters. The average molecular weight is 417 g/mol. The van der Waals surface area contributed by atoms with E-state index in [9.17, 15) is 18.0 Å². The number of aliphatic carboxylic acids is 1. The van der Waals surface area contributed by atoms with Crippen LogP contribution in [0.25, 0.3) is 0 Å². The van der Waals surface area contributed by atoms with Crippen molar-refractivity contribution in [2.75, 3.05) is 11.9 Å². The molecule has 0 bridgehead atoms. The summed E-state index contributed by atoms with van der Waals surface area (Å²) in [5.41, 5.74) is 1.20. The van der Waals surface area contributed by atoms with Gasteiger partial charge in [0.05, 0.1) is 11.3 Å². The number of rotatable bonds is 11. The number of carbonyl (C=O) groups is 2. The van der Waals surface area contributed by atoms with Crippen LogP contribution in [0.3, 0.4) is 0 Å². The van der Waals surface area contributed by atoms with Crippen molar-refractivity contribution < 1.29 is 23.1 Å². The molecule has 29 heavy (non-hydrogen) atoms. The molecule has 0 radical (unpaired) electrons. The molecule has 2 aromatic rings. The fourth-order valence-electron chi connectivity index (χ4n) is 2.44. The summed E-state index contributed by atoms with van der Waals surface area (Å²) in [6, 6.07) is 13.7. The van der Waals surface area contributed by atoms with Crippen molar-refractivity contribution in [3.05, 3.63) is 72.8 Å². The first kappa shape index (κ1) is 22.3. The van der Waals surface area contributed by atoms with Gasteiger partial charge in [-0.05, 0) is 29.8 Å². The molecule has 0 heterocycles. The quantitative estimate of drug-likeness (QED) is 0.413. The largest absolute Gasteiger partial charge is 0.480 e. The summed E-state index contributed by atoms with van der Waals surface area (Å²) in [6.45, 7) is 3.91. The van der Waals surface area contributed by atoms with Crippen LogP contribution in [0.2, 0.25) is 0 Å². The number of anilines is 1. The number of carbonyl (C=O) groups excluding carboxylic acids is 1. The molecule has 8 nitrogen and oxygen atoms in total. The normalized spacial score (nSPS) is 12.1. The zero-order valence-corrected chi connectivity index (χ0v) is 16.5. The van der Waals surface area contributed by atoms with Crippen LogP contribution in [0.1, 0.15) is 12.0 Å². The summed E-state index contributed by atoms with van der Waals surface area (Å²) in [5, 5.41) is 14.4. The van der Waals surface area contributed by atoms with Crippen LogP contribution in [0.5, 0.6) is 0 Å². The SMILES string of the molecule is C=CCNC(CC(=O)Nc1ccc(S(=O)(=O)NCc2ccccc2)cc1)C(=O)O. The molecule has 1 amide bonds. The lowest BCUT2D eigenvalue weighted by Crippen LogP contribution is -2.39. The molecule has 0 saturated carbocycles. The van der Waals surface area contributed by atoms with E-state index < -0.39 is 27.9 Å². The number of hydrogen-bond donors (Lipinski definition) is 4. The second kappa shape index (κ2) is 10.5. The van der Waals surface area contributed by atoms with Crippen LogP contribution in [0, 0.1) is 0 Å². The monoisotopic (exact) mass is 417 g/mol. The molecule has 0 spiro atoms. The highest BCUT2D eigenvalue weighted by Crippen LogP contribution is 2.15. The lowest BCUT2D eigenvalue weighted by Gasteiger charge is -2.13. The van der Waals surface area contributed by atoms with Crippen LogP contribution < -0.4 is 15.4 Å². The first-order valence-electron chi connectivity index (χ1n) is 8.82. The van der Waals surface area contributed by atoms with Gasteiger partial charge in [-0.25, -0.2) is 13.1 Å². The minimum Gasteiger partial charge on any atom is -0.480 e. The number of sulfonamides is 1. The van der Waals surface area contributed by atoms with E-state index in [0.29, 0.717) is 5.69 Å². The number of carboxylic acid groups (broad SMARTS) is 1. The first-order valence-corrected chi connectivity index (χ1v) is 10.3. The maximum absolute atomic E-state index is 12.4. The maximum atomic E-state index is 12.4. The van der Waals surface area contributed by atoms with Gasteiger partial charge in [-0.15, -0.1) is 6.58 Å². The van der Waals surface area contributed by atoms with E-state index >= 15 is 0 Å². The third kappa shape index (κ3) is 7.15. The zero-order chi connectivity index (χ0) is 21.3. The molecule has 1 unspecified atom stereocenters. The molecule has 0 aliphatic rings. The summed E-state index contributed by atoms with van der Waals surface area (Å²) in [5.74, 6) is -1.65. The lowest BCUT2D eigenvalue weighted by atomic mass is 10.2. The lowest BCUT2D eigenvalue weighted by molar-refractivity contribution is -0.140. The van der Waals surface area contributed by atoms with Gasteiger partial charge in [0.15, 0.2) is 0 Å². The van der Waals surface area contributed by atoms with Crippen LogP contribution in [-0.4, -0.2) is 38.0 Å². The van der Waals surface area contributed by atoms with Crippen molar-refractivity contribution >= 4 is 27.6 Å². The van der Waals surface area contributed by atoms with Crippen molar-refractivity contribution in [1.29, 1.82) is 0 Å². The Labute approximate surface area is 169 Å². The summed E-state index contributed by atoms with van der Waals surface area (Å²) in [4.78, 5) is 23.3. The smallest absolute Gasteiger partial charge is 0.321 e. The predicted molar refractivity (Wildman–Crippen MR) is 110 cm³/mol. The highest BCUT2D eigenvalue weighted by Gasteiger charge is 2.20. The van der Waals surface area contributed by atoms with E-state index in [1.165, 1.54) is 30.3 Å². The molecule has 0 aliphatic heterocycles. The molecule has 154 valence electrons. The van der Waals surface area contributed by atoms with Crippen molar-refractivity contribution in [1.82, 2.24) is 10.0 Å². The van der Waals surface area contributed by atoms with Gasteiger partial charge in [0, 0.05) is 18.8 Å². The maximum Gasteiger partial charge on any atom is 0.321 e. The minimum absolute atomic E-state index is 0.0579. The molecule has 4 N–H and O–H groups in total. The van der Waals surface area contributed by atoms with Crippen molar-refractivity contribution in [2.24, 2.45) is 0 Å². The van der Waals surface area contributed by atoms with E-state index in [2.05, 4.69) is 21.9 Å². The Bertz CT molecular complexity index is 944. The molecule has 0 aromatic heterocycles. The van der Waals surface area contributed by atoms with Crippen LogP contribution in [0.15, 0.2) is 72.1 Å². The average Bonchev–Trinajstić information content (AvgIpc) is 2.70. The number of amides is 1. The molecule has 0 saturated heterocycles. The van der Waals surface area contributed by atoms with E-state index in [-0.39, 0.29) is 24.4 Å². The Balaban J connectivity index is 1.95. The first-order chi connectivity index (χ1) is 13.8. The number of nitrogens with one attached hydrogen (secondary N) is 3. The van der Waals surface area contributed by atoms with Gasteiger partial charge in [-0.1, -0.05) is 36.4 Å². The number of benzene rings is 2. The Morgan fingerprint density at radius 3 is 2.31 bits per heavy atom. The van der Waals surface area contributed by atoms with Gasteiger partial charge in [-0.2, -0.15) is 0 Å². The van der Waals surface area contributed by atoms with Gasteiger partial charge < -0.3 is 15.7 Å². The Kier molecular flexibility index (Phi) is 8.08. The molecule has 9 heteroatoms. The third-order valence-corrected chi connectivity index (χ3v) is 5.37. The van der Waals surface area contributed by atoms with Gasteiger partial charge in [0.1, 0.15) is 6.04 Å². The second-order valence-electron chi connectivity index (χ2n) is 6.17. The Morgan fingerprint density at radius 1 is 1.07 bits per heavy atom. The second-order valence-corrected chi connectivity index (χ2v) is 7.94. The Hall–Kier alpha value is -3.01. The fraction of sp³-hybridized carbons (Fsp3) is 0.200. The van der Waals surface area contributed by atoms with Crippen LogP contribution in [-0.2, 0) is 26.2 Å². The molecule has 2 rings (SSSR count).